The molecule has 0 aliphatic heterocycles. The van der Waals surface area contributed by atoms with E-state index < -0.39 is 5.97 Å². The topological polar surface area (TPSA) is 90.7 Å². The van der Waals surface area contributed by atoms with Crippen LogP contribution in [0.2, 0.25) is 0 Å². The molecule has 27 heavy (non-hydrogen) atoms. The average molecular weight is 366 g/mol. The second-order valence-corrected chi connectivity index (χ2v) is 5.67. The molecule has 0 atom stereocenters. The van der Waals surface area contributed by atoms with Crippen molar-refractivity contribution >= 4 is 17.6 Å². The molecule has 1 amide bonds. The highest BCUT2D eigenvalue weighted by Gasteiger charge is 2.15. The number of hydrogen-bond acceptors (Lipinski definition) is 6. The Morgan fingerprint density at radius 3 is 2.52 bits per heavy atom. The van der Waals surface area contributed by atoms with Gasteiger partial charge in [-0.1, -0.05) is 17.3 Å². The Bertz CT molecular complexity index is 947. The van der Waals surface area contributed by atoms with Crippen LogP contribution in [0.25, 0.3) is 11.3 Å². The van der Waals surface area contributed by atoms with Gasteiger partial charge < -0.3 is 19.3 Å². The number of para-hydroxylation sites is 1. The minimum Gasteiger partial charge on any atom is -0.497 e. The van der Waals surface area contributed by atoms with Crippen molar-refractivity contribution in [1.29, 1.82) is 0 Å². The van der Waals surface area contributed by atoms with Crippen LogP contribution in [0.15, 0.2) is 59.1 Å². The van der Waals surface area contributed by atoms with Gasteiger partial charge in [0.2, 0.25) is 5.91 Å². The number of amides is 1. The Kier molecular flexibility index (Phi) is 5.51. The number of hydrogen-bond donors (Lipinski definition) is 1. The first-order valence-electron chi connectivity index (χ1n) is 8.18. The molecule has 0 fully saturated rings. The van der Waals surface area contributed by atoms with Crippen molar-refractivity contribution < 1.29 is 23.6 Å². The lowest BCUT2D eigenvalue weighted by atomic mass is 10.1. The maximum atomic E-state index is 12.3. The molecule has 1 aromatic heterocycles. The Morgan fingerprint density at radius 2 is 1.81 bits per heavy atom. The van der Waals surface area contributed by atoms with Crippen molar-refractivity contribution in [3.63, 3.8) is 0 Å². The van der Waals surface area contributed by atoms with Gasteiger partial charge in [0.15, 0.2) is 5.76 Å². The number of carbonyl (C=O) groups excluding carboxylic acids is 2. The molecule has 1 N–H and O–H groups in total. The lowest BCUT2D eigenvalue weighted by Gasteiger charge is -2.08. The minimum absolute atomic E-state index is 0.00909. The molecule has 0 aliphatic carbocycles. The molecule has 0 spiro atoms. The molecule has 3 rings (SSSR count). The van der Waals surface area contributed by atoms with Crippen LogP contribution >= 0.6 is 0 Å². The van der Waals surface area contributed by atoms with E-state index in [1.165, 1.54) is 7.11 Å². The maximum absolute atomic E-state index is 12.3. The van der Waals surface area contributed by atoms with Gasteiger partial charge in [-0.2, -0.15) is 0 Å². The van der Waals surface area contributed by atoms with Gasteiger partial charge in [0, 0.05) is 11.6 Å². The summed E-state index contributed by atoms with van der Waals surface area (Å²) in [7, 11) is 2.88. The van der Waals surface area contributed by atoms with E-state index in [9.17, 15) is 9.59 Å². The number of nitrogens with one attached hydrogen (secondary N) is 1. The van der Waals surface area contributed by atoms with E-state index in [2.05, 4.69) is 10.5 Å². The molecule has 1 heterocycles. The van der Waals surface area contributed by atoms with E-state index in [0.717, 1.165) is 11.3 Å². The van der Waals surface area contributed by atoms with Crippen molar-refractivity contribution in [3.8, 4) is 17.1 Å². The number of carbonyl (C=O) groups is 2. The van der Waals surface area contributed by atoms with E-state index in [4.69, 9.17) is 14.0 Å². The summed E-state index contributed by atoms with van der Waals surface area (Å²) in [6.07, 6.45) is 0.00909. The van der Waals surface area contributed by atoms with Gasteiger partial charge in [0.1, 0.15) is 5.75 Å². The first kappa shape index (κ1) is 18.2. The summed E-state index contributed by atoms with van der Waals surface area (Å²) in [6.45, 7) is 0. The van der Waals surface area contributed by atoms with Gasteiger partial charge in [-0.3, -0.25) is 4.79 Å². The fourth-order valence-corrected chi connectivity index (χ4v) is 2.53. The molecule has 0 saturated heterocycles. The molecule has 7 heteroatoms. The minimum atomic E-state index is -0.519. The summed E-state index contributed by atoms with van der Waals surface area (Å²) >= 11 is 0. The van der Waals surface area contributed by atoms with E-state index >= 15 is 0 Å². The van der Waals surface area contributed by atoms with Gasteiger partial charge in [0.25, 0.3) is 0 Å². The highest BCUT2D eigenvalue weighted by molar-refractivity contribution is 6.01. The SMILES string of the molecule is COC(=O)c1ccccc1NC(=O)Cc1cc(-c2ccc(OC)cc2)on1. The lowest BCUT2D eigenvalue weighted by Crippen LogP contribution is -2.17. The molecule has 0 saturated carbocycles. The number of aromatic nitrogens is 1. The third-order valence-corrected chi connectivity index (χ3v) is 3.88. The maximum Gasteiger partial charge on any atom is 0.339 e. The second kappa shape index (κ2) is 8.18. The molecule has 0 bridgehead atoms. The van der Waals surface area contributed by atoms with Crippen molar-refractivity contribution in [1.82, 2.24) is 5.16 Å². The molecule has 138 valence electrons. The number of methoxy groups -OCH3 is 2. The lowest BCUT2D eigenvalue weighted by molar-refractivity contribution is -0.115. The van der Waals surface area contributed by atoms with Gasteiger partial charge in [-0.05, 0) is 36.4 Å². The third-order valence-electron chi connectivity index (χ3n) is 3.88. The van der Waals surface area contributed by atoms with E-state index in [1.54, 1.807) is 37.4 Å². The van der Waals surface area contributed by atoms with Crippen LogP contribution in [-0.2, 0) is 16.0 Å². The summed E-state index contributed by atoms with van der Waals surface area (Å²) in [6, 6.07) is 15.6. The van der Waals surface area contributed by atoms with Crippen LogP contribution in [0.5, 0.6) is 5.75 Å². The first-order chi connectivity index (χ1) is 13.1. The van der Waals surface area contributed by atoms with E-state index in [1.807, 2.05) is 24.3 Å². The van der Waals surface area contributed by atoms with Crippen LogP contribution in [0.4, 0.5) is 5.69 Å². The van der Waals surface area contributed by atoms with Crippen LogP contribution < -0.4 is 10.1 Å². The third kappa shape index (κ3) is 4.33. The van der Waals surface area contributed by atoms with Crippen LogP contribution in [-0.4, -0.2) is 31.3 Å². The van der Waals surface area contributed by atoms with Crippen molar-refractivity contribution in [3.05, 3.63) is 65.9 Å². The average Bonchev–Trinajstić information content (AvgIpc) is 3.16. The molecule has 0 aliphatic rings. The molecule has 0 radical (unpaired) electrons. The molecule has 0 unspecified atom stereocenters. The normalized spacial score (nSPS) is 10.3. The predicted octanol–water partition coefficient (Wildman–Crippen LogP) is 3.32. The number of benzene rings is 2. The smallest absolute Gasteiger partial charge is 0.339 e. The van der Waals surface area contributed by atoms with Crippen molar-refractivity contribution in [2.75, 3.05) is 19.5 Å². The molecule has 3 aromatic rings. The monoisotopic (exact) mass is 366 g/mol. The molecule has 2 aromatic carbocycles. The fourth-order valence-electron chi connectivity index (χ4n) is 2.53. The highest BCUT2D eigenvalue weighted by Crippen LogP contribution is 2.23. The van der Waals surface area contributed by atoms with Gasteiger partial charge in [-0.15, -0.1) is 0 Å². The van der Waals surface area contributed by atoms with E-state index in [0.29, 0.717) is 17.1 Å². The standard InChI is InChI=1S/C20H18N2O5/c1-25-15-9-7-13(8-10-15)18-11-14(22-27-18)12-19(23)21-17-6-4-3-5-16(17)20(24)26-2/h3-11H,12H2,1-2H3,(H,21,23). The van der Waals surface area contributed by atoms with Gasteiger partial charge in [0.05, 0.1) is 37.6 Å². The summed E-state index contributed by atoms with van der Waals surface area (Å²) in [5, 5.41) is 6.63. The van der Waals surface area contributed by atoms with E-state index in [-0.39, 0.29) is 17.9 Å². The largest absolute Gasteiger partial charge is 0.497 e. The fraction of sp³-hybridized carbons (Fsp3) is 0.150. The number of rotatable bonds is 6. The van der Waals surface area contributed by atoms with Crippen LogP contribution in [0.1, 0.15) is 16.1 Å². The zero-order valence-electron chi connectivity index (χ0n) is 14.9. The highest BCUT2D eigenvalue weighted by atomic mass is 16.5. The number of nitrogens with zero attached hydrogens (tertiary/aromatic N) is 1. The summed E-state index contributed by atoms with van der Waals surface area (Å²) < 4.78 is 15.2. The van der Waals surface area contributed by atoms with Crippen molar-refractivity contribution in [2.45, 2.75) is 6.42 Å². The quantitative estimate of drug-likeness (QED) is 0.673. The Labute approximate surface area is 155 Å². The Hall–Kier alpha value is -3.61. The molecular weight excluding hydrogens is 348 g/mol. The van der Waals surface area contributed by atoms with Crippen molar-refractivity contribution in [2.24, 2.45) is 0 Å². The molecular formula is C20H18N2O5. The van der Waals surface area contributed by atoms with Crippen LogP contribution in [0, 0.1) is 0 Å². The number of anilines is 1. The summed E-state index contributed by atoms with van der Waals surface area (Å²) in [5.41, 5.74) is 1.97. The molecule has 7 nitrogen and oxygen atoms in total. The zero-order chi connectivity index (χ0) is 19.2. The Balaban J connectivity index is 1.69. The van der Waals surface area contributed by atoms with Gasteiger partial charge >= 0.3 is 5.97 Å². The number of esters is 1. The Morgan fingerprint density at radius 1 is 1.07 bits per heavy atom. The first-order valence-corrected chi connectivity index (χ1v) is 8.18. The second-order valence-electron chi connectivity index (χ2n) is 5.67. The summed E-state index contributed by atoms with van der Waals surface area (Å²) in [4.78, 5) is 24.1. The zero-order valence-corrected chi connectivity index (χ0v) is 14.9. The van der Waals surface area contributed by atoms with Crippen LogP contribution in [0.3, 0.4) is 0 Å². The van der Waals surface area contributed by atoms with Gasteiger partial charge in [-0.25, -0.2) is 4.79 Å². The number of ether oxygens (including phenoxy) is 2. The predicted molar refractivity (Wildman–Crippen MR) is 98.6 cm³/mol. The summed E-state index contributed by atoms with van der Waals surface area (Å²) in [5.74, 6) is 0.451.